The molecule has 2 rings (SSSR count). The fourth-order valence-electron chi connectivity index (χ4n) is 3.08. The molecule has 5 nitrogen and oxygen atoms in total. The number of hydrogen-bond donors (Lipinski definition) is 2. The Morgan fingerprint density at radius 2 is 1.88 bits per heavy atom. The van der Waals surface area contributed by atoms with Gasteiger partial charge in [-0.05, 0) is 37.9 Å². The van der Waals surface area contributed by atoms with Crippen molar-refractivity contribution in [1.82, 2.24) is 15.1 Å². The lowest BCUT2D eigenvalue weighted by Gasteiger charge is -2.22. The van der Waals surface area contributed by atoms with Crippen LogP contribution in [-0.4, -0.2) is 60.7 Å². The van der Waals surface area contributed by atoms with E-state index in [-0.39, 0.29) is 6.03 Å². The number of carbonyl (C=O) groups is 1. The molecule has 0 spiro atoms. The van der Waals surface area contributed by atoms with Gasteiger partial charge in [0, 0.05) is 26.7 Å². The van der Waals surface area contributed by atoms with Gasteiger partial charge in [-0.2, -0.15) is 0 Å². The van der Waals surface area contributed by atoms with Crippen molar-refractivity contribution in [3.05, 3.63) is 35.9 Å². The molecule has 134 valence electrons. The summed E-state index contributed by atoms with van der Waals surface area (Å²) in [4.78, 5) is 16.2. The summed E-state index contributed by atoms with van der Waals surface area (Å²) < 4.78 is 0. The maximum absolute atomic E-state index is 12.1. The number of aliphatic hydroxyl groups excluding tert-OH is 1. The molecule has 1 aromatic rings. The Labute approximate surface area is 145 Å². The monoisotopic (exact) mass is 333 g/mol. The zero-order valence-electron chi connectivity index (χ0n) is 14.8. The standard InChI is InChI=1S/C19H31N3O2/c1-21(15-11-18(23)17-9-5-4-6-10-17)19(24)20-12-16-22-13-7-2-3-8-14-22/h4-6,9-10,18,23H,2-3,7-8,11-16H2,1H3,(H,20,24)/t18-/m0/s1. The van der Waals surface area contributed by atoms with Gasteiger partial charge in [0.15, 0.2) is 0 Å². The Balaban J connectivity index is 1.62. The summed E-state index contributed by atoms with van der Waals surface area (Å²) in [5.41, 5.74) is 0.896. The molecule has 0 bridgehead atoms. The molecule has 1 atom stereocenters. The Morgan fingerprint density at radius 1 is 1.21 bits per heavy atom. The van der Waals surface area contributed by atoms with Crippen LogP contribution >= 0.6 is 0 Å². The number of urea groups is 1. The van der Waals surface area contributed by atoms with Crippen molar-refractivity contribution in [3.8, 4) is 0 Å². The molecular formula is C19H31N3O2. The van der Waals surface area contributed by atoms with Gasteiger partial charge in [-0.15, -0.1) is 0 Å². The Hall–Kier alpha value is -1.59. The first-order valence-electron chi connectivity index (χ1n) is 9.11. The summed E-state index contributed by atoms with van der Waals surface area (Å²) in [6.45, 7) is 4.44. The molecule has 1 aliphatic heterocycles. The highest BCUT2D eigenvalue weighted by atomic mass is 16.3. The van der Waals surface area contributed by atoms with Crippen LogP contribution in [0.15, 0.2) is 30.3 Å². The highest BCUT2D eigenvalue weighted by Crippen LogP contribution is 2.16. The zero-order valence-corrected chi connectivity index (χ0v) is 14.8. The largest absolute Gasteiger partial charge is 0.388 e. The molecule has 0 aliphatic carbocycles. The van der Waals surface area contributed by atoms with E-state index in [2.05, 4.69) is 10.2 Å². The predicted octanol–water partition coefficient (Wildman–Crippen LogP) is 2.63. The molecular weight excluding hydrogens is 302 g/mol. The molecule has 0 radical (unpaired) electrons. The number of nitrogens with one attached hydrogen (secondary N) is 1. The smallest absolute Gasteiger partial charge is 0.317 e. The minimum atomic E-state index is -0.529. The molecule has 1 aliphatic rings. The van der Waals surface area contributed by atoms with Gasteiger partial charge in [0.1, 0.15) is 0 Å². The van der Waals surface area contributed by atoms with Gasteiger partial charge in [0.05, 0.1) is 6.10 Å². The predicted molar refractivity (Wildman–Crippen MR) is 97.0 cm³/mol. The second-order valence-electron chi connectivity index (χ2n) is 6.62. The number of amides is 2. The van der Waals surface area contributed by atoms with Crippen molar-refractivity contribution in [3.63, 3.8) is 0 Å². The molecule has 2 N–H and O–H groups in total. The Morgan fingerprint density at radius 3 is 2.54 bits per heavy atom. The Bertz CT molecular complexity index is 473. The van der Waals surface area contributed by atoms with E-state index in [0.717, 1.165) is 25.2 Å². The van der Waals surface area contributed by atoms with E-state index in [1.54, 1.807) is 11.9 Å². The van der Waals surface area contributed by atoms with Crippen molar-refractivity contribution in [2.45, 2.75) is 38.2 Å². The Kier molecular flexibility index (Phi) is 8.05. The molecule has 0 saturated carbocycles. The SMILES string of the molecule is CN(CC[C@H](O)c1ccccc1)C(=O)NCCN1CCCCCC1. The molecule has 24 heavy (non-hydrogen) atoms. The first kappa shape index (κ1) is 18.7. The van der Waals surface area contributed by atoms with Gasteiger partial charge in [0.25, 0.3) is 0 Å². The lowest BCUT2D eigenvalue weighted by molar-refractivity contribution is 0.149. The van der Waals surface area contributed by atoms with E-state index in [9.17, 15) is 9.90 Å². The third kappa shape index (κ3) is 6.49. The van der Waals surface area contributed by atoms with Gasteiger partial charge in [-0.3, -0.25) is 0 Å². The van der Waals surface area contributed by atoms with Gasteiger partial charge < -0.3 is 20.2 Å². The molecule has 1 aromatic carbocycles. The zero-order chi connectivity index (χ0) is 17.2. The van der Waals surface area contributed by atoms with Crippen molar-refractivity contribution in [2.75, 3.05) is 39.8 Å². The van der Waals surface area contributed by atoms with Gasteiger partial charge >= 0.3 is 6.03 Å². The number of rotatable bonds is 7. The number of hydrogen-bond acceptors (Lipinski definition) is 3. The summed E-state index contributed by atoms with van der Waals surface area (Å²) in [5.74, 6) is 0. The van der Waals surface area contributed by atoms with Crippen molar-refractivity contribution in [2.24, 2.45) is 0 Å². The first-order valence-corrected chi connectivity index (χ1v) is 9.11. The third-order valence-corrected chi connectivity index (χ3v) is 4.67. The molecule has 1 saturated heterocycles. The summed E-state index contributed by atoms with van der Waals surface area (Å²) in [6, 6.07) is 9.51. The first-order chi connectivity index (χ1) is 11.7. The lowest BCUT2D eigenvalue weighted by atomic mass is 10.1. The summed E-state index contributed by atoms with van der Waals surface area (Å²) in [7, 11) is 1.78. The van der Waals surface area contributed by atoms with Crippen molar-refractivity contribution < 1.29 is 9.90 Å². The van der Waals surface area contributed by atoms with Crippen molar-refractivity contribution >= 4 is 6.03 Å². The van der Waals surface area contributed by atoms with Gasteiger partial charge in [0.2, 0.25) is 0 Å². The van der Waals surface area contributed by atoms with Crippen LogP contribution in [0, 0.1) is 0 Å². The highest BCUT2D eigenvalue weighted by Gasteiger charge is 2.13. The molecule has 1 heterocycles. The number of nitrogens with zero attached hydrogens (tertiary/aromatic N) is 2. The number of likely N-dealkylation sites (tertiary alicyclic amines) is 1. The maximum atomic E-state index is 12.1. The third-order valence-electron chi connectivity index (χ3n) is 4.67. The second kappa shape index (κ2) is 10.3. The van der Waals surface area contributed by atoms with E-state index in [1.807, 2.05) is 30.3 Å². The van der Waals surface area contributed by atoms with E-state index in [0.29, 0.717) is 19.5 Å². The van der Waals surface area contributed by atoms with Crippen LogP contribution in [-0.2, 0) is 0 Å². The van der Waals surface area contributed by atoms with Crippen LogP contribution < -0.4 is 5.32 Å². The van der Waals surface area contributed by atoms with Crippen LogP contribution in [0.2, 0.25) is 0 Å². The van der Waals surface area contributed by atoms with Gasteiger partial charge in [-0.1, -0.05) is 43.2 Å². The fourth-order valence-corrected chi connectivity index (χ4v) is 3.08. The van der Waals surface area contributed by atoms with Crippen LogP contribution in [0.4, 0.5) is 4.79 Å². The maximum Gasteiger partial charge on any atom is 0.317 e. The van der Waals surface area contributed by atoms with Crippen LogP contribution in [0.25, 0.3) is 0 Å². The molecule has 5 heteroatoms. The van der Waals surface area contributed by atoms with Crippen LogP contribution in [0.1, 0.15) is 43.8 Å². The van der Waals surface area contributed by atoms with E-state index in [1.165, 1.54) is 25.7 Å². The van der Waals surface area contributed by atoms with E-state index >= 15 is 0 Å². The summed E-state index contributed by atoms with van der Waals surface area (Å²) in [5, 5.41) is 13.1. The quantitative estimate of drug-likeness (QED) is 0.806. The van der Waals surface area contributed by atoms with Crippen LogP contribution in [0.5, 0.6) is 0 Å². The molecule has 2 amide bonds. The average molecular weight is 333 g/mol. The topological polar surface area (TPSA) is 55.8 Å². The molecule has 0 unspecified atom stereocenters. The minimum absolute atomic E-state index is 0.0647. The molecule has 1 fully saturated rings. The highest BCUT2D eigenvalue weighted by molar-refractivity contribution is 5.73. The van der Waals surface area contributed by atoms with Crippen molar-refractivity contribution in [1.29, 1.82) is 0 Å². The summed E-state index contributed by atoms with van der Waals surface area (Å²) >= 11 is 0. The molecule has 0 aromatic heterocycles. The lowest BCUT2D eigenvalue weighted by Crippen LogP contribution is -2.42. The normalized spacial score (nSPS) is 17.1. The fraction of sp³-hybridized carbons (Fsp3) is 0.632. The second-order valence-corrected chi connectivity index (χ2v) is 6.62. The summed E-state index contributed by atoms with van der Waals surface area (Å²) in [6.07, 6.45) is 5.21. The average Bonchev–Trinajstić information content (AvgIpc) is 2.88. The minimum Gasteiger partial charge on any atom is -0.388 e. The number of benzene rings is 1. The van der Waals surface area contributed by atoms with Gasteiger partial charge in [-0.25, -0.2) is 4.79 Å². The van der Waals surface area contributed by atoms with Crippen LogP contribution in [0.3, 0.4) is 0 Å². The van der Waals surface area contributed by atoms with E-state index in [4.69, 9.17) is 0 Å². The number of aliphatic hydroxyl groups is 1. The number of carbonyl (C=O) groups excluding carboxylic acids is 1. The van der Waals surface area contributed by atoms with E-state index < -0.39 is 6.10 Å².